The second-order valence-electron chi connectivity index (χ2n) is 2.85. The molecule has 0 aliphatic heterocycles. The first-order valence-corrected chi connectivity index (χ1v) is 4.19. The fraction of sp³-hybridized carbons (Fsp3) is 0.500. The molecular weight excluding hydrogens is 136 g/mol. The summed E-state index contributed by atoms with van der Waals surface area (Å²) < 4.78 is 0. The van der Waals surface area contributed by atoms with Crippen LogP contribution in [0.1, 0.15) is 32.6 Å². The van der Waals surface area contributed by atoms with Crippen LogP contribution in [-0.4, -0.2) is 5.78 Å². The van der Waals surface area contributed by atoms with Gasteiger partial charge in [-0.1, -0.05) is 18.2 Å². The minimum absolute atomic E-state index is 0.342. The minimum atomic E-state index is 0.342. The van der Waals surface area contributed by atoms with Gasteiger partial charge < -0.3 is 0 Å². The second-order valence-corrected chi connectivity index (χ2v) is 2.85. The molecule has 0 unspecified atom stereocenters. The van der Waals surface area contributed by atoms with E-state index in [-0.39, 0.29) is 0 Å². The molecule has 0 atom stereocenters. The molecule has 0 heterocycles. The molecule has 0 aromatic rings. The van der Waals surface area contributed by atoms with Crippen LogP contribution in [0.25, 0.3) is 0 Å². The third-order valence-electron chi connectivity index (χ3n) is 1.95. The Morgan fingerprint density at radius 1 is 1.27 bits per heavy atom. The summed E-state index contributed by atoms with van der Waals surface area (Å²) in [4.78, 5) is 11.2. The van der Waals surface area contributed by atoms with E-state index in [1.807, 2.05) is 25.2 Å². The first kappa shape index (κ1) is 8.25. The first-order chi connectivity index (χ1) is 5.34. The molecular formula is C10H14O. The van der Waals surface area contributed by atoms with Crippen LogP contribution in [-0.2, 0) is 4.79 Å². The largest absolute Gasteiger partial charge is 0.295 e. The van der Waals surface area contributed by atoms with E-state index in [0.29, 0.717) is 5.78 Å². The third kappa shape index (κ3) is 2.34. The molecule has 1 aliphatic carbocycles. The molecule has 0 radical (unpaired) electrons. The lowest BCUT2D eigenvalue weighted by atomic mass is 9.93. The predicted octanol–water partition coefficient (Wildman–Crippen LogP) is 2.63. The van der Waals surface area contributed by atoms with E-state index in [4.69, 9.17) is 0 Å². The van der Waals surface area contributed by atoms with Crippen molar-refractivity contribution < 1.29 is 4.79 Å². The van der Waals surface area contributed by atoms with Gasteiger partial charge in [-0.2, -0.15) is 0 Å². The van der Waals surface area contributed by atoms with E-state index in [2.05, 4.69) is 0 Å². The zero-order valence-corrected chi connectivity index (χ0v) is 6.97. The Morgan fingerprint density at radius 3 is 2.64 bits per heavy atom. The average molecular weight is 150 g/mol. The van der Waals surface area contributed by atoms with Crippen molar-refractivity contribution in [2.24, 2.45) is 0 Å². The number of hydrogen-bond acceptors (Lipinski definition) is 1. The summed E-state index contributed by atoms with van der Waals surface area (Å²) in [6, 6.07) is 0. The molecule has 11 heavy (non-hydrogen) atoms. The number of rotatable bonds is 1. The summed E-state index contributed by atoms with van der Waals surface area (Å²) in [5.41, 5.74) is 1.01. The smallest absolute Gasteiger partial charge is 0.158 e. The predicted molar refractivity (Wildman–Crippen MR) is 46.4 cm³/mol. The molecule has 1 saturated carbocycles. The maximum Gasteiger partial charge on any atom is 0.158 e. The lowest BCUT2D eigenvalue weighted by Crippen LogP contribution is -2.07. The fourth-order valence-electron chi connectivity index (χ4n) is 1.29. The molecule has 60 valence electrons. The zero-order chi connectivity index (χ0) is 8.10. The molecule has 0 amide bonds. The second kappa shape index (κ2) is 4.12. The fourth-order valence-corrected chi connectivity index (χ4v) is 1.29. The molecule has 0 spiro atoms. The van der Waals surface area contributed by atoms with E-state index in [0.717, 1.165) is 24.8 Å². The Morgan fingerprint density at radius 2 is 2.00 bits per heavy atom. The van der Waals surface area contributed by atoms with E-state index >= 15 is 0 Å². The van der Waals surface area contributed by atoms with Gasteiger partial charge in [0, 0.05) is 6.42 Å². The van der Waals surface area contributed by atoms with E-state index in [9.17, 15) is 4.79 Å². The molecule has 1 fully saturated rings. The Balaban J connectivity index is 2.61. The zero-order valence-electron chi connectivity index (χ0n) is 6.97. The average Bonchev–Trinajstić information content (AvgIpc) is 2.03. The van der Waals surface area contributed by atoms with Gasteiger partial charge >= 0.3 is 0 Å². The Bertz CT molecular complexity index is 199. The van der Waals surface area contributed by atoms with E-state index in [1.165, 1.54) is 6.42 Å². The maximum atomic E-state index is 11.2. The molecule has 0 saturated heterocycles. The van der Waals surface area contributed by atoms with Crippen LogP contribution in [0.15, 0.2) is 23.8 Å². The Labute approximate surface area is 67.8 Å². The lowest BCUT2D eigenvalue weighted by molar-refractivity contribution is -0.116. The van der Waals surface area contributed by atoms with E-state index < -0.39 is 0 Å². The lowest BCUT2D eigenvalue weighted by Gasteiger charge is -2.10. The molecule has 1 rings (SSSR count). The van der Waals surface area contributed by atoms with Crippen LogP contribution in [0.4, 0.5) is 0 Å². The van der Waals surface area contributed by atoms with Crippen molar-refractivity contribution in [3.8, 4) is 0 Å². The van der Waals surface area contributed by atoms with Gasteiger partial charge in [0.2, 0.25) is 0 Å². The third-order valence-corrected chi connectivity index (χ3v) is 1.95. The van der Waals surface area contributed by atoms with Crippen molar-refractivity contribution in [3.63, 3.8) is 0 Å². The van der Waals surface area contributed by atoms with Crippen LogP contribution in [0.2, 0.25) is 0 Å². The highest BCUT2D eigenvalue weighted by Gasteiger charge is 2.12. The van der Waals surface area contributed by atoms with Crippen molar-refractivity contribution in [2.75, 3.05) is 0 Å². The van der Waals surface area contributed by atoms with Gasteiger partial charge in [0.1, 0.15) is 0 Å². The van der Waals surface area contributed by atoms with Gasteiger partial charge in [-0.3, -0.25) is 4.79 Å². The van der Waals surface area contributed by atoms with Crippen molar-refractivity contribution >= 4 is 5.78 Å². The van der Waals surface area contributed by atoms with Crippen LogP contribution < -0.4 is 0 Å². The van der Waals surface area contributed by atoms with Crippen molar-refractivity contribution in [2.45, 2.75) is 32.6 Å². The van der Waals surface area contributed by atoms with Crippen LogP contribution >= 0.6 is 0 Å². The van der Waals surface area contributed by atoms with Gasteiger partial charge in [-0.15, -0.1) is 0 Å². The molecule has 1 heteroatoms. The number of Topliss-reactive ketones (excluding diaryl/α,β-unsaturated/α-hetero) is 1. The summed E-state index contributed by atoms with van der Waals surface area (Å²) in [7, 11) is 0. The molecule has 1 aliphatic rings. The van der Waals surface area contributed by atoms with Crippen LogP contribution in [0.3, 0.4) is 0 Å². The Kier molecular flexibility index (Phi) is 3.09. The molecule has 0 bridgehead atoms. The van der Waals surface area contributed by atoms with Gasteiger partial charge in [0.25, 0.3) is 0 Å². The Hall–Kier alpha value is -0.850. The molecule has 0 aromatic heterocycles. The monoisotopic (exact) mass is 150 g/mol. The van der Waals surface area contributed by atoms with E-state index in [1.54, 1.807) is 0 Å². The topological polar surface area (TPSA) is 17.1 Å². The summed E-state index contributed by atoms with van der Waals surface area (Å²) in [5, 5.41) is 0. The van der Waals surface area contributed by atoms with Crippen LogP contribution in [0, 0.1) is 0 Å². The molecule has 1 nitrogen and oxygen atoms in total. The number of carbonyl (C=O) groups excluding carboxylic acids is 1. The van der Waals surface area contributed by atoms with Crippen molar-refractivity contribution in [1.29, 1.82) is 0 Å². The quantitative estimate of drug-likeness (QED) is 0.525. The molecule has 0 N–H and O–H groups in total. The standard InChI is InChI=1S/C10H14O/c1-2-3-6-9-7-4-5-8-10(9)11/h2-3,6H,4-5,7-8H2,1H3/b3-2+,9-6+. The first-order valence-electron chi connectivity index (χ1n) is 4.19. The summed E-state index contributed by atoms with van der Waals surface area (Å²) in [6.07, 6.45) is 9.82. The van der Waals surface area contributed by atoms with Gasteiger partial charge in [-0.25, -0.2) is 0 Å². The normalized spacial score (nSPS) is 23.4. The molecule has 0 aromatic carbocycles. The highest BCUT2D eigenvalue weighted by molar-refractivity contribution is 5.96. The summed E-state index contributed by atoms with van der Waals surface area (Å²) >= 11 is 0. The van der Waals surface area contributed by atoms with Gasteiger partial charge in [0.05, 0.1) is 0 Å². The SMILES string of the molecule is C/C=C/C=C1\CCCCC1=O. The van der Waals surface area contributed by atoms with Crippen molar-refractivity contribution in [1.82, 2.24) is 0 Å². The number of allylic oxidation sites excluding steroid dienone is 4. The van der Waals surface area contributed by atoms with Crippen molar-refractivity contribution in [3.05, 3.63) is 23.8 Å². The highest BCUT2D eigenvalue weighted by Crippen LogP contribution is 2.19. The number of ketones is 1. The number of hydrogen-bond donors (Lipinski definition) is 0. The maximum absolute atomic E-state index is 11.2. The van der Waals surface area contributed by atoms with Gasteiger partial charge in [0.15, 0.2) is 5.78 Å². The minimum Gasteiger partial charge on any atom is -0.295 e. The van der Waals surface area contributed by atoms with Gasteiger partial charge in [-0.05, 0) is 31.8 Å². The number of carbonyl (C=O) groups is 1. The summed E-state index contributed by atoms with van der Waals surface area (Å²) in [6.45, 7) is 1.96. The summed E-state index contributed by atoms with van der Waals surface area (Å²) in [5.74, 6) is 0.342. The van der Waals surface area contributed by atoms with Crippen LogP contribution in [0.5, 0.6) is 0 Å². The highest BCUT2D eigenvalue weighted by atomic mass is 16.1.